The van der Waals surface area contributed by atoms with Gasteiger partial charge in [-0.1, -0.05) is 13.8 Å². The predicted molar refractivity (Wildman–Crippen MR) is 97.4 cm³/mol. The van der Waals surface area contributed by atoms with Crippen LogP contribution >= 0.6 is 0 Å². The molecule has 0 saturated carbocycles. The maximum absolute atomic E-state index is 12.4. The molecule has 6 heteroatoms. The lowest BCUT2D eigenvalue weighted by Gasteiger charge is -2.09. The number of carbonyl (C=O) groups is 1. The first-order valence-electron chi connectivity index (χ1n) is 8.29. The van der Waals surface area contributed by atoms with Crippen molar-refractivity contribution in [2.75, 3.05) is 6.61 Å². The lowest BCUT2D eigenvalue weighted by molar-refractivity contribution is -0.131. The van der Waals surface area contributed by atoms with Crippen molar-refractivity contribution >= 4 is 16.9 Å². The van der Waals surface area contributed by atoms with Gasteiger partial charge in [-0.05, 0) is 48.4 Å². The summed E-state index contributed by atoms with van der Waals surface area (Å²) in [5.41, 5.74) is 0.654. The number of hydrogen-bond acceptors (Lipinski definition) is 6. The van der Waals surface area contributed by atoms with Gasteiger partial charge in [-0.15, -0.1) is 0 Å². The summed E-state index contributed by atoms with van der Waals surface area (Å²) in [6.07, 6.45) is 0. The summed E-state index contributed by atoms with van der Waals surface area (Å²) in [4.78, 5) is 27.4. The minimum absolute atomic E-state index is 0.202. The van der Waals surface area contributed by atoms with E-state index in [2.05, 4.69) is 18.8 Å². The molecule has 2 aromatic carbocycles. The van der Waals surface area contributed by atoms with Crippen LogP contribution in [0.2, 0.25) is 0 Å². The molecule has 1 heterocycles. The van der Waals surface area contributed by atoms with Crippen molar-refractivity contribution in [3.05, 3.63) is 52.8 Å². The third-order valence-electron chi connectivity index (χ3n) is 3.54. The number of aromatic nitrogens is 1. The van der Waals surface area contributed by atoms with Gasteiger partial charge < -0.3 is 13.9 Å². The van der Waals surface area contributed by atoms with Gasteiger partial charge in [-0.3, -0.25) is 9.59 Å². The Morgan fingerprint density at radius 1 is 1.12 bits per heavy atom. The minimum atomic E-state index is -0.399. The average molecular weight is 353 g/mol. The lowest BCUT2D eigenvalue weighted by atomic mass is 10.2. The number of benzene rings is 2. The van der Waals surface area contributed by atoms with Crippen molar-refractivity contribution in [3.63, 3.8) is 0 Å². The smallest absolute Gasteiger partial charge is 0.308 e. The van der Waals surface area contributed by atoms with Crippen LogP contribution in [0.1, 0.15) is 20.8 Å². The van der Waals surface area contributed by atoms with E-state index in [0.29, 0.717) is 40.6 Å². The number of hydrogen-bond donors (Lipinski definition) is 0. The molecule has 3 aromatic rings. The largest absolute Gasteiger partial charge is 0.493 e. The monoisotopic (exact) mass is 353 g/mol. The Kier molecular flexibility index (Phi) is 5.02. The molecule has 0 radical (unpaired) electrons. The molecular weight excluding hydrogens is 334 g/mol. The van der Waals surface area contributed by atoms with Crippen LogP contribution in [0.15, 0.2) is 51.7 Å². The fraction of sp³-hybridized carbons (Fsp3) is 0.250. The molecule has 0 atom stereocenters. The molecule has 134 valence electrons. The Morgan fingerprint density at radius 2 is 1.81 bits per heavy atom. The van der Waals surface area contributed by atoms with Crippen molar-refractivity contribution in [1.29, 1.82) is 0 Å². The summed E-state index contributed by atoms with van der Waals surface area (Å²) >= 11 is 0. The summed E-state index contributed by atoms with van der Waals surface area (Å²) in [6.45, 7) is 6.00. The standard InChI is InChI=1S/C20H19NO5/c1-12(2)11-24-16-8-9-18-17(10-16)19(23)21-20(26-18)14-4-6-15(7-5-14)25-13(3)22/h4-10,12H,11H2,1-3H3. The maximum atomic E-state index is 12.4. The highest BCUT2D eigenvalue weighted by atomic mass is 16.5. The van der Waals surface area contributed by atoms with E-state index in [1.165, 1.54) is 6.92 Å². The van der Waals surface area contributed by atoms with Gasteiger partial charge in [0.2, 0.25) is 5.89 Å². The second-order valence-electron chi connectivity index (χ2n) is 6.31. The van der Waals surface area contributed by atoms with E-state index in [-0.39, 0.29) is 11.4 Å². The topological polar surface area (TPSA) is 78.6 Å². The molecule has 0 bridgehead atoms. The SMILES string of the molecule is CC(=O)Oc1ccc(-c2nc(=O)c3cc(OCC(C)C)ccc3o2)cc1. The van der Waals surface area contributed by atoms with E-state index < -0.39 is 5.97 Å². The van der Waals surface area contributed by atoms with Crippen molar-refractivity contribution in [1.82, 2.24) is 4.98 Å². The first kappa shape index (κ1) is 17.7. The molecule has 26 heavy (non-hydrogen) atoms. The van der Waals surface area contributed by atoms with Gasteiger partial charge in [0.05, 0.1) is 12.0 Å². The number of carbonyl (C=O) groups excluding carboxylic acids is 1. The molecule has 0 aliphatic carbocycles. The fourth-order valence-electron chi connectivity index (χ4n) is 2.35. The lowest BCUT2D eigenvalue weighted by Crippen LogP contribution is -2.09. The molecule has 0 aliphatic rings. The van der Waals surface area contributed by atoms with Gasteiger partial charge in [-0.2, -0.15) is 4.98 Å². The van der Waals surface area contributed by atoms with Crippen molar-refractivity contribution < 1.29 is 18.7 Å². The summed E-state index contributed by atoms with van der Waals surface area (Å²) in [5.74, 6) is 1.21. The van der Waals surface area contributed by atoms with Crippen molar-refractivity contribution in [2.24, 2.45) is 5.92 Å². The summed E-state index contributed by atoms with van der Waals surface area (Å²) < 4.78 is 16.4. The second-order valence-corrected chi connectivity index (χ2v) is 6.31. The molecule has 0 N–H and O–H groups in total. The van der Waals surface area contributed by atoms with E-state index >= 15 is 0 Å². The van der Waals surface area contributed by atoms with Gasteiger partial charge in [-0.25, -0.2) is 0 Å². The third kappa shape index (κ3) is 4.08. The number of fused-ring (bicyclic) bond motifs is 1. The van der Waals surface area contributed by atoms with E-state index in [9.17, 15) is 9.59 Å². The highest BCUT2D eigenvalue weighted by Gasteiger charge is 2.10. The Bertz CT molecular complexity index is 989. The van der Waals surface area contributed by atoms with Gasteiger partial charge in [0.25, 0.3) is 5.56 Å². The van der Waals surface area contributed by atoms with E-state index in [1.807, 2.05) is 0 Å². The Balaban J connectivity index is 1.92. The number of nitrogens with zero attached hydrogens (tertiary/aromatic N) is 1. The fourth-order valence-corrected chi connectivity index (χ4v) is 2.35. The normalized spacial score (nSPS) is 10.9. The summed E-state index contributed by atoms with van der Waals surface area (Å²) in [6, 6.07) is 11.7. The maximum Gasteiger partial charge on any atom is 0.308 e. The summed E-state index contributed by atoms with van der Waals surface area (Å²) in [7, 11) is 0. The van der Waals surface area contributed by atoms with E-state index in [1.54, 1.807) is 42.5 Å². The van der Waals surface area contributed by atoms with Gasteiger partial charge in [0.1, 0.15) is 17.1 Å². The summed E-state index contributed by atoms with van der Waals surface area (Å²) in [5, 5.41) is 0.367. The van der Waals surface area contributed by atoms with E-state index in [0.717, 1.165) is 0 Å². The molecule has 0 fully saturated rings. The zero-order valence-corrected chi connectivity index (χ0v) is 14.8. The van der Waals surface area contributed by atoms with Gasteiger partial charge in [0, 0.05) is 12.5 Å². The molecular formula is C20H19NO5. The Labute approximate surface area is 150 Å². The van der Waals surface area contributed by atoms with Gasteiger partial charge in [0.15, 0.2) is 0 Å². The Morgan fingerprint density at radius 3 is 2.46 bits per heavy atom. The van der Waals surface area contributed by atoms with E-state index in [4.69, 9.17) is 13.9 Å². The van der Waals surface area contributed by atoms with Crippen LogP contribution in [0.3, 0.4) is 0 Å². The average Bonchev–Trinajstić information content (AvgIpc) is 2.60. The highest BCUT2D eigenvalue weighted by Crippen LogP contribution is 2.24. The molecule has 0 amide bonds. The van der Waals surface area contributed by atoms with Crippen molar-refractivity contribution in [2.45, 2.75) is 20.8 Å². The second kappa shape index (κ2) is 7.39. The molecule has 0 unspecified atom stereocenters. The molecule has 3 rings (SSSR count). The third-order valence-corrected chi connectivity index (χ3v) is 3.54. The molecule has 1 aromatic heterocycles. The van der Waals surface area contributed by atoms with Crippen molar-refractivity contribution in [3.8, 4) is 23.0 Å². The first-order chi connectivity index (χ1) is 12.4. The predicted octanol–water partition coefficient (Wildman–Crippen LogP) is 3.82. The quantitative estimate of drug-likeness (QED) is 0.512. The van der Waals surface area contributed by atoms with Crippen LogP contribution < -0.4 is 15.0 Å². The minimum Gasteiger partial charge on any atom is -0.493 e. The van der Waals surface area contributed by atoms with Crippen LogP contribution in [-0.4, -0.2) is 17.6 Å². The molecule has 0 spiro atoms. The molecule has 0 aliphatic heterocycles. The molecule has 0 saturated heterocycles. The zero-order chi connectivity index (χ0) is 18.7. The number of esters is 1. The molecule has 6 nitrogen and oxygen atoms in total. The van der Waals surface area contributed by atoms with Crippen LogP contribution in [0.5, 0.6) is 11.5 Å². The highest BCUT2D eigenvalue weighted by molar-refractivity contribution is 5.78. The van der Waals surface area contributed by atoms with Crippen LogP contribution in [0.25, 0.3) is 22.4 Å². The number of rotatable bonds is 5. The van der Waals surface area contributed by atoms with Crippen LogP contribution in [-0.2, 0) is 4.79 Å². The first-order valence-corrected chi connectivity index (χ1v) is 8.29. The van der Waals surface area contributed by atoms with Crippen LogP contribution in [0, 0.1) is 5.92 Å². The zero-order valence-electron chi connectivity index (χ0n) is 14.8. The Hall–Kier alpha value is -3.15. The van der Waals surface area contributed by atoms with Gasteiger partial charge >= 0.3 is 5.97 Å². The van der Waals surface area contributed by atoms with Crippen LogP contribution in [0.4, 0.5) is 0 Å². The number of ether oxygens (including phenoxy) is 2.